The summed E-state index contributed by atoms with van der Waals surface area (Å²) >= 11 is 0. The van der Waals surface area contributed by atoms with Crippen molar-refractivity contribution < 1.29 is 5.11 Å². The molecule has 0 aromatic heterocycles. The van der Waals surface area contributed by atoms with Crippen LogP contribution in [0.3, 0.4) is 0 Å². The Hall–Kier alpha value is -2.02. The molecule has 3 rings (SSSR count). The Bertz CT molecular complexity index is 683. The molecule has 0 saturated heterocycles. The molecule has 0 bridgehead atoms. The lowest BCUT2D eigenvalue weighted by Crippen LogP contribution is -1.81. The van der Waals surface area contributed by atoms with E-state index in [1.54, 1.807) is 0 Å². The van der Waals surface area contributed by atoms with Gasteiger partial charge in [-0.15, -0.1) is 0 Å². The highest BCUT2D eigenvalue weighted by Crippen LogP contribution is 2.35. The van der Waals surface area contributed by atoms with Gasteiger partial charge in [0.2, 0.25) is 0 Å². The number of benzene rings is 3. The van der Waals surface area contributed by atoms with E-state index in [9.17, 15) is 5.11 Å². The summed E-state index contributed by atoms with van der Waals surface area (Å²) in [5, 5.41) is 14.3. The molecule has 78 valence electrons. The fourth-order valence-electron chi connectivity index (χ4n) is 2.27. The van der Waals surface area contributed by atoms with E-state index in [2.05, 4.69) is 6.07 Å². The van der Waals surface area contributed by atoms with E-state index in [1.807, 2.05) is 49.4 Å². The number of rotatable bonds is 0. The molecular formula is C15H12O. The molecule has 0 amide bonds. The topological polar surface area (TPSA) is 20.2 Å². The second-order valence-electron chi connectivity index (χ2n) is 4.12. The Balaban J connectivity index is 2.62. The molecule has 1 N–H and O–H groups in total. The van der Waals surface area contributed by atoms with Gasteiger partial charge in [-0.3, -0.25) is 0 Å². The molecule has 0 radical (unpaired) electrons. The van der Waals surface area contributed by atoms with Crippen molar-refractivity contribution in [3.8, 4) is 5.75 Å². The average molecular weight is 208 g/mol. The summed E-state index contributed by atoms with van der Waals surface area (Å²) in [5.41, 5.74) is 1.11. The van der Waals surface area contributed by atoms with Crippen LogP contribution in [0.25, 0.3) is 21.5 Å². The summed E-state index contributed by atoms with van der Waals surface area (Å²) in [6, 6.07) is 16.1. The van der Waals surface area contributed by atoms with Gasteiger partial charge in [0.05, 0.1) is 0 Å². The predicted octanol–water partition coefficient (Wildman–Crippen LogP) is 4.01. The van der Waals surface area contributed by atoms with Crippen LogP contribution >= 0.6 is 0 Å². The number of fused-ring (bicyclic) bond motifs is 2. The highest BCUT2D eigenvalue weighted by atomic mass is 16.3. The molecule has 0 atom stereocenters. The van der Waals surface area contributed by atoms with Crippen molar-refractivity contribution in [2.24, 2.45) is 0 Å². The minimum Gasteiger partial charge on any atom is -0.507 e. The van der Waals surface area contributed by atoms with Crippen LogP contribution in [0.5, 0.6) is 5.75 Å². The van der Waals surface area contributed by atoms with Crippen LogP contribution in [0.4, 0.5) is 0 Å². The first kappa shape index (κ1) is 9.22. The summed E-state index contributed by atoms with van der Waals surface area (Å²) in [4.78, 5) is 0. The van der Waals surface area contributed by atoms with Gasteiger partial charge in [-0.1, -0.05) is 42.5 Å². The zero-order valence-electron chi connectivity index (χ0n) is 9.07. The summed E-state index contributed by atoms with van der Waals surface area (Å²) in [7, 11) is 0. The summed E-state index contributed by atoms with van der Waals surface area (Å²) in [6.07, 6.45) is 0. The van der Waals surface area contributed by atoms with Crippen molar-refractivity contribution in [3.63, 3.8) is 0 Å². The van der Waals surface area contributed by atoms with E-state index in [-0.39, 0.29) is 0 Å². The van der Waals surface area contributed by atoms with Crippen molar-refractivity contribution in [2.45, 2.75) is 6.92 Å². The molecule has 0 saturated carbocycles. The van der Waals surface area contributed by atoms with Crippen molar-refractivity contribution in [1.82, 2.24) is 0 Å². The van der Waals surface area contributed by atoms with Crippen LogP contribution in [0.15, 0.2) is 48.5 Å². The highest BCUT2D eigenvalue weighted by Gasteiger charge is 2.07. The van der Waals surface area contributed by atoms with Crippen molar-refractivity contribution in [3.05, 3.63) is 54.1 Å². The van der Waals surface area contributed by atoms with E-state index in [0.717, 1.165) is 27.1 Å². The Kier molecular flexibility index (Phi) is 1.87. The Morgan fingerprint density at radius 3 is 2.50 bits per heavy atom. The minimum absolute atomic E-state index is 0.395. The highest BCUT2D eigenvalue weighted by molar-refractivity contribution is 6.06. The van der Waals surface area contributed by atoms with E-state index in [1.165, 1.54) is 0 Å². The smallest absolute Gasteiger partial charge is 0.131 e. The second-order valence-corrected chi connectivity index (χ2v) is 4.12. The van der Waals surface area contributed by atoms with Gasteiger partial charge in [0.25, 0.3) is 0 Å². The Labute approximate surface area is 94.0 Å². The molecule has 0 unspecified atom stereocenters. The van der Waals surface area contributed by atoms with Gasteiger partial charge in [0, 0.05) is 10.8 Å². The lowest BCUT2D eigenvalue weighted by Gasteiger charge is -2.08. The molecule has 0 spiro atoms. The molecule has 0 heterocycles. The molecule has 0 aliphatic heterocycles. The maximum absolute atomic E-state index is 10.3. The number of hydrogen-bond donors (Lipinski definition) is 1. The third-order valence-corrected chi connectivity index (χ3v) is 3.07. The lowest BCUT2D eigenvalue weighted by molar-refractivity contribution is 0.487. The number of hydrogen-bond acceptors (Lipinski definition) is 1. The molecule has 0 aliphatic carbocycles. The maximum Gasteiger partial charge on any atom is 0.131 e. The number of aryl methyl sites for hydroxylation is 1. The normalized spacial score (nSPS) is 11.1. The number of phenols is 1. The van der Waals surface area contributed by atoms with Crippen LogP contribution in [0.2, 0.25) is 0 Å². The molecule has 1 heteroatoms. The fourth-order valence-corrected chi connectivity index (χ4v) is 2.27. The van der Waals surface area contributed by atoms with Crippen LogP contribution in [-0.4, -0.2) is 5.11 Å². The molecule has 0 fully saturated rings. The predicted molar refractivity (Wildman–Crippen MR) is 67.9 cm³/mol. The van der Waals surface area contributed by atoms with Gasteiger partial charge in [-0.25, -0.2) is 0 Å². The third kappa shape index (κ3) is 1.18. The Morgan fingerprint density at radius 2 is 1.62 bits per heavy atom. The molecular weight excluding hydrogens is 196 g/mol. The number of aromatic hydroxyl groups is 1. The largest absolute Gasteiger partial charge is 0.507 e. The van der Waals surface area contributed by atoms with E-state index >= 15 is 0 Å². The summed E-state index contributed by atoms with van der Waals surface area (Å²) < 4.78 is 0. The van der Waals surface area contributed by atoms with Crippen LogP contribution in [0.1, 0.15) is 5.56 Å². The van der Waals surface area contributed by atoms with Gasteiger partial charge in [0.1, 0.15) is 5.75 Å². The van der Waals surface area contributed by atoms with Crippen molar-refractivity contribution >= 4 is 21.5 Å². The molecule has 1 nitrogen and oxygen atoms in total. The minimum atomic E-state index is 0.395. The van der Waals surface area contributed by atoms with Gasteiger partial charge < -0.3 is 5.11 Å². The van der Waals surface area contributed by atoms with Gasteiger partial charge >= 0.3 is 0 Å². The first-order valence-corrected chi connectivity index (χ1v) is 5.37. The third-order valence-electron chi connectivity index (χ3n) is 3.07. The zero-order chi connectivity index (χ0) is 11.1. The summed E-state index contributed by atoms with van der Waals surface area (Å²) in [6.45, 7) is 2.02. The Morgan fingerprint density at radius 1 is 0.875 bits per heavy atom. The average Bonchev–Trinajstić information content (AvgIpc) is 2.29. The molecule has 0 aliphatic rings. The zero-order valence-corrected chi connectivity index (χ0v) is 9.07. The molecule has 3 aromatic carbocycles. The first-order valence-electron chi connectivity index (χ1n) is 5.37. The lowest BCUT2D eigenvalue weighted by atomic mass is 9.99. The van der Waals surface area contributed by atoms with E-state index in [0.29, 0.717) is 5.75 Å². The summed E-state index contributed by atoms with van der Waals surface area (Å²) in [5.74, 6) is 0.395. The SMILES string of the molecule is Cc1cccc2cc3ccccc3c(O)c12. The quantitative estimate of drug-likeness (QED) is 0.553. The number of phenolic OH excluding ortho intramolecular Hbond substituents is 1. The molecule has 3 aromatic rings. The van der Waals surface area contributed by atoms with Crippen molar-refractivity contribution in [1.29, 1.82) is 0 Å². The standard InChI is InChI=1S/C15H12O/c1-10-5-4-7-12-9-11-6-2-3-8-13(11)15(16)14(10)12/h2-9,16H,1H3. The fraction of sp³-hybridized carbons (Fsp3) is 0.0667. The van der Waals surface area contributed by atoms with E-state index < -0.39 is 0 Å². The van der Waals surface area contributed by atoms with Crippen LogP contribution in [0, 0.1) is 6.92 Å². The van der Waals surface area contributed by atoms with Gasteiger partial charge in [0.15, 0.2) is 0 Å². The first-order chi connectivity index (χ1) is 7.77. The second kappa shape index (κ2) is 3.24. The molecule has 16 heavy (non-hydrogen) atoms. The maximum atomic E-state index is 10.3. The van der Waals surface area contributed by atoms with E-state index in [4.69, 9.17) is 0 Å². The van der Waals surface area contributed by atoms with Gasteiger partial charge in [-0.2, -0.15) is 0 Å². The van der Waals surface area contributed by atoms with Crippen LogP contribution < -0.4 is 0 Å². The monoisotopic (exact) mass is 208 g/mol. The van der Waals surface area contributed by atoms with Gasteiger partial charge in [-0.05, 0) is 29.3 Å². The van der Waals surface area contributed by atoms with Crippen LogP contribution in [-0.2, 0) is 0 Å². The van der Waals surface area contributed by atoms with Crippen molar-refractivity contribution in [2.75, 3.05) is 0 Å².